The summed E-state index contributed by atoms with van der Waals surface area (Å²) in [6.07, 6.45) is 1.85. The maximum atomic E-state index is 12.6. The molecule has 0 radical (unpaired) electrons. The van der Waals surface area contributed by atoms with E-state index in [9.17, 15) is 22.8 Å². The number of fused-ring (bicyclic) bond motifs is 1. The molecular weight excluding hydrogens is 430 g/mol. The number of pyridine rings is 1. The molecule has 2 aromatic carbocycles. The third-order valence-electron chi connectivity index (χ3n) is 5.13. The molecule has 0 aliphatic carbocycles. The summed E-state index contributed by atoms with van der Waals surface area (Å²) in [7, 11) is -3.81. The summed E-state index contributed by atoms with van der Waals surface area (Å²) >= 11 is 0. The van der Waals surface area contributed by atoms with Crippen LogP contribution in [0.5, 0.6) is 0 Å². The van der Waals surface area contributed by atoms with E-state index in [1.807, 2.05) is 0 Å². The number of anilines is 1. The van der Waals surface area contributed by atoms with Gasteiger partial charge in [-0.15, -0.1) is 0 Å². The minimum atomic E-state index is -3.81. The van der Waals surface area contributed by atoms with Gasteiger partial charge >= 0.3 is 0 Å². The Morgan fingerprint density at radius 1 is 0.969 bits per heavy atom. The lowest BCUT2D eigenvalue weighted by Crippen LogP contribution is -2.31. The predicted octanol–water partition coefficient (Wildman–Crippen LogP) is 2.92. The average Bonchev–Trinajstić information content (AvgIpc) is 3.03. The van der Waals surface area contributed by atoms with Crippen molar-refractivity contribution >= 4 is 33.3 Å². The molecule has 2 amide bonds. The van der Waals surface area contributed by atoms with Gasteiger partial charge in [-0.05, 0) is 67.4 Å². The summed E-state index contributed by atoms with van der Waals surface area (Å²) in [6, 6.07) is 15.6. The molecule has 0 saturated carbocycles. The Labute approximate surface area is 185 Å². The lowest BCUT2D eigenvalue weighted by atomic mass is 10.1. The standard InChI is InChI=1S/C23H19N3O5S/c1-15(27)17-6-8-18(9-7-17)25-32(30,31)19-10-4-16(5-11-19)12-14-26-22(28)20-3-2-13-24-21(20)23(26)29/h2-11,13,25H,12,14H2,1H3. The molecule has 8 nitrogen and oxygen atoms in total. The number of imide groups is 1. The number of carbonyl (C=O) groups excluding carboxylic acids is 3. The number of carbonyl (C=O) groups is 3. The molecule has 3 aromatic rings. The van der Waals surface area contributed by atoms with E-state index in [4.69, 9.17) is 0 Å². The van der Waals surface area contributed by atoms with Crippen LogP contribution in [0.25, 0.3) is 0 Å². The molecule has 2 heterocycles. The second-order valence-corrected chi connectivity index (χ2v) is 8.98. The van der Waals surface area contributed by atoms with Crippen LogP contribution in [0.1, 0.15) is 43.7 Å². The van der Waals surface area contributed by atoms with E-state index in [1.54, 1.807) is 36.4 Å². The highest BCUT2D eigenvalue weighted by Gasteiger charge is 2.36. The number of rotatable bonds is 7. The quantitative estimate of drug-likeness (QED) is 0.438. The van der Waals surface area contributed by atoms with Gasteiger partial charge in [-0.1, -0.05) is 12.1 Å². The van der Waals surface area contributed by atoms with Crippen molar-refractivity contribution < 1.29 is 22.8 Å². The summed E-state index contributed by atoms with van der Waals surface area (Å²) < 4.78 is 27.7. The number of ketones is 1. The van der Waals surface area contributed by atoms with Crippen LogP contribution in [0, 0.1) is 0 Å². The normalized spacial score (nSPS) is 13.2. The zero-order valence-electron chi connectivity index (χ0n) is 17.1. The Kier molecular flexibility index (Phi) is 5.58. The van der Waals surface area contributed by atoms with Crippen LogP contribution in [0.4, 0.5) is 5.69 Å². The first-order valence-electron chi connectivity index (χ1n) is 9.80. The van der Waals surface area contributed by atoms with Crippen molar-refractivity contribution in [1.29, 1.82) is 0 Å². The van der Waals surface area contributed by atoms with Crippen molar-refractivity contribution in [3.63, 3.8) is 0 Å². The fourth-order valence-electron chi connectivity index (χ4n) is 3.38. The molecule has 1 aliphatic rings. The molecule has 9 heteroatoms. The van der Waals surface area contributed by atoms with Gasteiger partial charge in [-0.25, -0.2) is 8.42 Å². The fraction of sp³-hybridized carbons (Fsp3) is 0.130. The summed E-state index contributed by atoms with van der Waals surface area (Å²) in [6.45, 7) is 1.60. The van der Waals surface area contributed by atoms with Gasteiger partial charge in [0.05, 0.1) is 10.5 Å². The Bertz CT molecular complexity index is 1280. The molecule has 0 bridgehead atoms. The summed E-state index contributed by atoms with van der Waals surface area (Å²) in [5.41, 5.74) is 2.06. The van der Waals surface area contributed by atoms with Crippen LogP contribution < -0.4 is 4.72 Å². The summed E-state index contributed by atoms with van der Waals surface area (Å²) in [5.74, 6) is -0.908. The number of nitrogens with one attached hydrogen (secondary N) is 1. The topological polar surface area (TPSA) is 114 Å². The summed E-state index contributed by atoms with van der Waals surface area (Å²) in [4.78, 5) is 41.3. The van der Waals surface area contributed by atoms with Gasteiger partial charge in [0, 0.05) is 24.0 Å². The van der Waals surface area contributed by atoms with Crippen LogP contribution in [-0.4, -0.2) is 42.4 Å². The van der Waals surface area contributed by atoms with E-state index in [0.29, 0.717) is 23.2 Å². The van der Waals surface area contributed by atoms with Crippen molar-refractivity contribution in [2.45, 2.75) is 18.2 Å². The van der Waals surface area contributed by atoms with E-state index < -0.39 is 15.9 Å². The molecule has 0 saturated heterocycles. The molecule has 162 valence electrons. The van der Waals surface area contributed by atoms with Crippen LogP contribution >= 0.6 is 0 Å². The van der Waals surface area contributed by atoms with E-state index in [1.165, 1.54) is 37.4 Å². The lowest BCUT2D eigenvalue weighted by molar-refractivity contribution is 0.0654. The largest absolute Gasteiger partial charge is 0.295 e. The van der Waals surface area contributed by atoms with E-state index in [-0.39, 0.29) is 28.8 Å². The SMILES string of the molecule is CC(=O)c1ccc(NS(=O)(=O)c2ccc(CCN3C(=O)c4cccnc4C3=O)cc2)cc1. The Morgan fingerprint density at radius 3 is 2.28 bits per heavy atom. The molecule has 1 aromatic heterocycles. The molecule has 1 N–H and O–H groups in total. The molecule has 0 fully saturated rings. The van der Waals surface area contributed by atoms with E-state index in [0.717, 1.165) is 10.5 Å². The first-order valence-corrected chi connectivity index (χ1v) is 11.3. The number of hydrogen-bond acceptors (Lipinski definition) is 6. The number of sulfonamides is 1. The minimum absolute atomic E-state index is 0.0711. The van der Waals surface area contributed by atoms with Crippen LogP contribution in [0.2, 0.25) is 0 Å². The first kappa shape index (κ1) is 21.4. The second-order valence-electron chi connectivity index (χ2n) is 7.29. The van der Waals surface area contributed by atoms with Gasteiger partial charge < -0.3 is 0 Å². The number of aromatic nitrogens is 1. The predicted molar refractivity (Wildman–Crippen MR) is 117 cm³/mol. The van der Waals surface area contributed by atoms with Gasteiger partial charge in [-0.2, -0.15) is 0 Å². The van der Waals surface area contributed by atoms with Gasteiger partial charge in [0.25, 0.3) is 21.8 Å². The van der Waals surface area contributed by atoms with Crippen LogP contribution in [-0.2, 0) is 16.4 Å². The molecule has 0 unspecified atom stereocenters. The first-order chi connectivity index (χ1) is 15.3. The van der Waals surface area contributed by atoms with Crippen molar-refractivity contribution in [2.75, 3.05) is 11.3 Å². The number of Topliss-reactive ketones (excluding diaryl/α,β-unsaturated/α-hetero) is 1. The van der Waals surface area contributed by atoms with Gasteiger partial charge in [-0.3, -0.25) is 29.0 Å². The number of amides is 2. The fourth-order valence-corrected chi connectivity index (χ4v) is 4.44. The highest BCUT2D eigenvalue weighted by Crippen LogP contribution is 2.22. The minimum Gasteiger partial charge on any atom is -0.295 e. The zero-order chi connectivity index (χ0) is 22.9. The molecule has 4 rings (SSSR count). The number of nitrogens with zero attached hydrogens (tertiary/aromatic N) is 2. The van der Waals surface area contributed by atoms with Crippen molar-refractivity contribution in [1.82, 2.24) is 9.88 Å². The highest BCUT2D eigenvalue weighted by molar-refractivity contribution is 7.92. The molecule has 32 heavy (non-hydrogen) atoms. The highest BCUT2D eigenvalue weighted by atomic mass is 32.2. The monoisotopic (exact) mass is 449 g/mol. The van der Waals surface area contributed by atoms with E-state index in [2.05, 4.69) is 9.71 Å². The smallest absolute Gasteiger partial charge is 0.280 e. The van der Waals surface area contributed by atoms with Crippen molar-refractivity contribution in [3.8, 4) is 0 Å². The summed E-state index contributed by atoms with van der Waals surface area (Å²) in [5, 5.41) is 0. The maximum Gasteiger partial charge on any atom is 0.280 e. The van der Waals surface area contributed by atoms with Gasteiger partial charge in [0.2, 0.25) is 0 Å². The average molecular weight is 449 g/mol. The number of benzene rings is 2. The Balaban J connectivity index is 1.41. The molecule has 0 spiro atoms. The van der Waals surface area contributed by atoms with Crippen LogP contribution in [0.3, 0.4) is 0 Å². The molecule has 0 atom stereocenters. The Hall–Kier alpha value is -3.85. The molecular formula is C23H19N3O5S. The Morgan fingerprint density at radius 2 is 1.66 bits per heavy atom. The van der Waals surface area contributed by atoms with Gasteiger partial charge in [0.1, 0.15) is 5.69 Å². The maximum absolute atomic E-state index is 12.6. The molecule has 1 aliphatic heterocycles. The van der Waals surface area contributed by atoms with Crippen molar-refractivity contribution in [3.05, 3.63) is 89.2 Å². The third kappa shape index (κ3) is 4.15. The number of hydrogen-bond donors (Lipinski definition) is 1. The van der Waals surface area contributed by atoms with Gasteiger partial charge in [0.15, 0.2) is 5.78 Å². The van der Waals surface area contributed by atoms with Crippen LogP contribution in [0.15, 0.2) is 71.8 Å². The third-order valence-corrected chi connectivity index (χ3v) is 6.53. The lowest BCUT2D eigenvalue weighted by Gasteiger charge is -2.13. The van der Waals surface area contributed by atoms with Crippen molar-refractivity contribution in [2.24, 2.45) is 0 Å². The van der Waals surface area contributed by atoms with E-state index >= 15 is 0 Å². The zero-order valence-corrected chi connectivity index (χ0v) is 17.9. The second kappa shape index (κ2) is 8.35.